The van der Waals surface area contributed by atoms with Crippen molar-refractivity contribution in [1.29, 1.82) is 0 Å². The summed E-state index contributed by atoms with van der Waals surface area (Å²) in [6.45, 7) is 6.48. The first-order valence-electron chi connectivity index (χ1n) is 5.90. The summed E-state index contributed by atoms with van der Waals surface area (Å²) in [5, 5.41) is 10.6. The van der Waals surface area contributed by atoms with Crippen molar-refractivity contribution in [2.75, 3.05) is 11.9 Å². The number of hydrogen-bond acceptors (Lipinski definition) is 6. The van der Waals surface area contributed by atoms with Crippen LogP contribution in [0.15, 0.2) is 5.51 Å². The Kier molecular flexibility index (Phi) is 3.39. The summed E-state index contributed by atoms with van der Waals surface area (Å²) < 4.78 is 5.59. The molecule has 0 saturated heterocycles. The Bertz CT molecular complexity index is 434. The molecule has 0 radical (unpaired) electrons. The van der Waals surface area contributed by atoms with Crippen LogP contribution in [0.25, 0.3) is 0 Å². The van der Waals surface area contributed by atoms with Crippen molar-refractivity contribution in [2.45, 2.75) is 38.8 Å². The molecule has 1 amide bonds. The fourth-order valence-corrected chi connectivity index (χ4v) is 2.70. The van der Waals surface area contributed by atoms with E-state index in [1.165, 1.54) is 11.3 Å². The Morgan fingerprint density at radius 3 is 2.94 bits per heavy atom. The fourth-order valence-electron chi connectivity index (χ4n) is 2.26. The van der Waals surface area contributed by atoms with Gasteiger partial charge in [-0.1, -0.05) is 25.2 Å². The van der Waals surface area contributed by atoms with Crippen LogP contribution < -0.4 is 11.1 Å². The summed E-state index contributed by atoms with van der Waals surface area (Å²) in [6.07, 6.45) is 0.547. The molecule has 2 unspecified atom stereocenters. The van der Waals surface area contributed by atoms with Crippen molar-refractivity contribution in [1.82, 2.24) is 10.2 Å². The van der Waals surface area contributed by atoms with Gasteiger partial charge >= 0.3 is 0 Å². The maximum Gasteiger partial charge on any atom is 0.247 e. The molecule has 0 spiro atoms. The normalized spacial score (nSPS) is 29.7. The zero-order valence-electron chi connectivity index (χ0n) is 10.8. The van der Waals surface area contributed by atoms with Gasteiger partial charge in [-0.25, -0.2) is 0 Å². The first-order valence-corrected chi connectivity index (χ1v) is 6.78. The second-order valence-corrected chi connectivity index (χ2v) is 5.87. The summed E-state index contributed by atoms with van der Waals surface area (Å²) in [5.74, 6) is -0.222. The van der Waals surface area contributed by atoms with E-state index in [-0.39, 0.29) is 12.0 Å². The number of nitrogens with two attached hydrogens (primary N) is 1. The maximum absolute atomic E-state index is 12.2. The van der Waals surface area contributed by atoms with Crippen LogP contribution in [0.2, 0.25) is 0 Å². The Morgan fingerprint density at radius 2 is 2.44 bits per heavy atom. The van der Waals surface area contributed by atoms with Crippen LogP contribution in [-0.2, 0) is 9.53 Å². The number of aromatic nitrogens is 2. The summed E-state index contributed by atoms with van der Waals surface area (Å²) in [4.78, 5) is 12.2. The Balaban J connectivity index is 2.06. The molecule has 1 aliphatic rings. The number of nitrogens with zero attached hydrogens (tertiary/aromatic N) is 2. The number of ether oxygens (including phenoxy) is 1. The molecule has 2 rings (SSSR count). The maximum atomic E-state index is 12.2. The zero-order valence-corrected chi connectivity index (χ0v) is 11.6. The Labute approximate surface area is 110 Å². The molecule has 6 nitrogen and oxygen atoms in total. The van der Waals surface area contributed by atoms with E-state index in [9.17, 15) is 4.79 Å². The molecule has 1 fully saturated rings. The number of carbonyl (C=O) groups excluding carboxylic acids is 1. The van der Waals surface area contributed by atoms with Crippen LogP contribution in [0.1, 0.15) is 27.2 Å². The number of amides is 1. The largest absolute Gasteiger partial charge is 0.378 e. The molecule has 100 valence electrons. The molecule has 1 heterocycles. The monoisotopic (exact) mass is 270 g/mol. The minimum atomic E-state index is -0.918. The number of hydrogen-bond donors (Lipinski definition) is 2. The van der Waals surface area contributed by atoms with E-state index in [1.807, 2.05) is 20.8 Å². The molecule has 1 aromatic heterocycles. The third-order valence-corrected chi connectivity index (χ3v) is 4.42. The second kappa shape index (κ2) is 4.56. The van der Waals surface area contributed by atoms with Gasteiger partial charge in [-0.3, -0.25) is 10.1 Å². The van der Waals surface area contributed by atoms with Crippen LogP contribution in [0, 0.1) is 5.41 Å². The fraction of sp³-hybridized carbons (Fsp3) is 0.727. The lowest BCUT2D eigenvalue weighted by Gasteiger charge is -2.57. The standard InChI is InChI=1S/C11H18N4O2S/c1-4-17-7-5-11(12,10(7,2)3)8(16)14-9-15-13-6-18-9/h6-7H,4-5,12H2,1-3H3,(H,14,15,16). The number of carbonyl (C=O) groups is 1. The number of nitrogens with one attached hydrogen (secondary N) is 1. The first kappa shape index (κ1) is 13.4. The average Bonchev–Trinajstić information content (AvgIpc) is 2.81. The van der Waals surface area contributed by atoms with Gasteiger partial charge in [-0.15, -0.1) is 10.2 Å². The predicted molar refractivity (Wildman–Crippen MR) is 69.3 cm³/mol. The third kappa shape index (κ3) is 1.92. The van der Waals surface area contributed by atoms with Gasteiger partial charge in [0.05, 0.1) is 6.10 Å². The second-order valence-electron chi connectivity index (χ2n) is 5.04. The lowest BCUT2D eigenvalue weighted by atomic mass is 9.54. The zero-order chi connectivity index (χ0) is 13.4. The third-order valence-electron chi connectivity index (χ3n) is 3.82. The summed E-state index contributed by atoms with van der Waals surface area (Å²) >= 11 is 1.27. The molecular weight excluding hydrogens is 252 g/mol. The molecular formula is C11H18N4O2S. The number of rotatable bonds is 4. The first-order chi connectivity index (χ1) is 8.41. The molecule has 1 saturated carbocycles. The van der Waals surface area contributed by atoms with Gasteiger partial charge in [0.15, 0.2) is 0 Å². The van der Waals surface area contributed by atoms with Gasteiger partial charge in [0.2, 0.25) is 11.0 Å². The molecule has 2 atom stereocenters. The highest BCUT2D eigenvalue weighted by Crippen LogP contribution is 2.50. The van der Waals surface area contributed by atoms with E-state index in [0.29, 0.717) is 18.2 Å². The summed E-state index contributed by atoms with van der Waals surface area (Å²) in [6, 6.07) is 0. The highest BCUT2D eigenvalue weighted by atomic mass is 32.1. The van der Waals surface area contributed by atoms with Gasteiger partial charge in [0, 0.05) is 18.4 Å². The lowest BCUT2D eigenvalue weighted by molar-refractivity contribution is -0.166. The summed E-state index contributed by atoms with van der Waals surface area (Å²) in [5.41, 5.74) is 6.48. The van der Waals surface area contributed by atoms with E-state index in [2.05, 4.69) is 15.5 Å². The molecule has 7 heteroatoms. The topological polar surface area (TPSA) is 90.1 Å². The molecule has 1 aromatic rings. The highest BCUT2D eigenvalue weighted by molar-refractivity contribution is 7.13. The van der Waals surface area contributed by atoms with Crippen molar-refractivity contribution in [3.8, 4) is 0 Å². The van der Waals surface area contributed by atoms with Crippen LogP contribution in [0.4, 0.5) is 5.13 Å². The van der Waals surface area contributed by atoms with E-state index < -0.39 is 11.0 Å². The number of anilines is 1. The molecule has 0 aromatic carbocycles. The molecule has 18 heavy (non-hydrogen) atoms. The van der Waals surface area contributed by atoms with Crippen LogP contribution in [0.3, 0.4) is 0 Å². The predicted octanol–water partition coefficient (Wildman–Crippen LogP) is 1.01. The van der Waals surface area contributed by atoms with Gasteiger partial charge in [-0.2, -0.15) is 0 Å². The van der Waals surface area contributed by atoms with Crippen molar-refractivity contribution < 1.29 is 9.53 Å². The molecule has 3 N–H and O–H groups in total. The van der Waals surface area contributed by atoms with Crippen molar-refractivity contribution in [3.63, 3.8) is 0 Å². The van der Waals surface area contributed by atoms with Gasteiger partial charge in [0.25, 0.3) is 0 Å². The van der Waals surface area contributed by atoms with E-state index in [4.69, 9.17) is 10.5 Å². The van der Waals surface area contributed by atoms with E-state index >= 15 is 0 Å². The highest BCUT2D eigenvalue weighted by Gasteiger charge is 2.62. The minimum Gasteiger partial charge on any atom is -0.378 e. The van der Waals surface area contributed by atoms with Crippen molar-refractivity contribution >= 4 is 22.4 Å². The van der Waals surface area contributed by atoms with Gasteiger partial charge in [0.1, 0.15) is 11.0 Å². The smallest absolute Gasteiger partial charge is 0.247 e. The van der Waals surface area contributed by atoms with Crippen molar-refractivity contribution in [3.05, 3.63) is 5.51 Å². The Hall–Kier alpha value is -1.05. The van der Waals surface area contributed by atoms with Crippen LogP contribution >= 0.6 is 11.3 Å². The van der Waals surface area contributed by atoms with Gasteiger partial charge in [-0.05, 0) is 6.92 Å². The minimum absolute atomic E-state index is 0.0210. The molecule has 0 bridgehead atoms. The summed E-state index contributed by atoms with van der Waals surface area (Å²) in [7, 11) is 0. The molecule has 0 aliphatic heterocycles. The SMILES string of the molecule is CCOC1CC(N)(C(=O)Nc2nncs2)C1(C)C. The van der Waals surface area contributed by atoms with Crippen LogP contribution in [0.5, 0.6) is 0 Å². The Morgan fingerprint density at radius 1 is 1.72 bits per heavy atom. The van der Waals surface area contributed by atoms with E-state index in [0.717, 1.165) is 0 Å². The van der Waals surface area contributed by atoms with Crippen LogP contribution in [-0.4, -0.2) is 34.4 Å². The van der Waals surface area contributed by atoms with Crippen molar-refractivity contribution in [2.24, 2.45) is 11.1 Å². The average molecular weight is 270 g/mol. The quantitative estimate of drug-likeness (QED) is 0.852. The van der Waals surface area contributed by atoms with E-state index in [1.54, 1.807) is 5.51 Å². The lowest BCUT2D eigenvalue weighted by Crippen LogP contribution is -2.74. The molecule has 1 aliphatic carbocycles. The van der Waals surface area contributed by atoms with Gasteiger partial charge < -0.3 is 10.5 Å².